The third-order valence-electron chi connectivity index (χ3n) is 3.67. The molecule has 0 aliphatic heterocycles. The molecule has 1 aromatic rings. The lowest BCUT2D eigenvalue weighted by molar-refractivity contribution is 0.0830. The van der Waals surface area contributed by atoms with Crippen LogP contribution in [-0.4, -0.2) is 17.3 Å². The van der Waals surface area contributed by atoms with E-state index in [4.69, 9.17) is 11.5 Å². The number of hydrogen-bond donors (Lipinski definition) is 2. The van der Waals surface area contributed by atoms with Gasteiger partial charge in [0, 0.05) is 24.0 Å². The molecule has 2 atom stereocenters. The summed E-state index contributed by atoms with van der Waals surface area (Å²) in [6, 6.07) is 1.67. The van der Waals surface area contributed by atoms with E-state index >= 15 is 0 Å². The van der Waals surface area contributed by atoms with E-state index in [2.05, 4.69) is 4.98 Å². The van der Waals surface area contributed by atoms with Crippen molar-refractivity contribution in [3.63, 3.8) is 0 Å². The first-order chi connectivity index (χ1) is 8.24. The molecule has 0 amide bonds. The van der Waals surface area contributed by atoms with Crippen molar-refractivity contribution in [1.82, 2.24) is 4.98 Å². The average molecular weight is 233 g/mol. The lowest BCUT2D eigenvalue weighted by atomic mass is 9.75. The number of anilines is 1. The highest BCUT2D eigenvalue weighted by Gasteiger charge is 2.31. The predicted octanol–water partition coefficient (Wildman–Crippen LogP) is 1.61. The van der Waals surface area contributed by atoms with Gasteiger partial charge in [-0.15, -0.1) is 0 Å². The van der Waals surface area contributed by atoms with Crippen LogP contribution in [0.15, 0.2) is 18.5 Å². The van der Waals surface area contributed by atoms with Gasteiger partial charge in [0.25, 0.3) is 0 Å². The Kier molecular flexibility index (Phi) is 3.74. The molecular weight excluding hydrogens is 214 g/mol. The van der Waals surface area contributed by atoms with Crippen LogP contribution in [-0.2, 0) is 0 Å². The number of carbonyl (C=O) groups excluding carboxylic acids is 1. The molecule has 1 aromatic heterocycles. The number of aromatic nitrogens is 1. The number of nitrogens with two attached hydrogens (primary N) is 2. The first-order valence-corrected chi connectivity index (χ1v) is 6.17. The molecule has 4 heteroatoms. The van der Waals surface area contributed by atoms with Crippen LogP contribution < -0.4 is 11.5 Å². The number of ketones is 1. The van der Waals surface area contributed by atoms with Crippen LogP contribution in [0.2, 0.25) is 0 Å². The Morgan fingerprint density at radius 3 is 2.88 bits per heavy atom. The molecule has 0 aromatic carbocycles. The van der Waals surface area contributed by atoms with Gasteiger partial charge in [-0.1, -0.05) is 12.8 Å². The quantitative estimate of drug-likeness (QED) is 0.777. The maximum absolute atomic E-state index is 12.4. The summed E-state index contributed by atoms with van der Waals surface area (Å²) in [6.45, 7) is 0.580. The van der Waals surface area contributed by atoms with Gasteiger partial charge in [-0.3, -0.25) is 9.78 Å². The lowest BCUT2D eigenvalue weighted by Gasteiger charge is -2.29. The number of pyridine rings is 1. The van der Waals surface area contributed by atoms with Gasteiger partial charge < -0.3 is 11.5 Å². The standard InChI is InChI=1S/C13H19N3O/c14-7-9-3-1-2-4-10(9)13(17)11-8-16-6-5-12(11)15/h5-6,8-10H,1-4,7,14H2,(H2,15,16). The molecule has 4 nitrogen and oxygen atoms in total. The van der Waals surface area contributed by atoms with Crippen molar-refractivity contribution in [1.29, 1.82) is 0 Å². The summed E-state index contributed by atoms with van der Waals surface area (Å²) in [4.78, 5) is 16.4. The average Bonchev–Trinajstić information content (AvgIpc) is 2.38. The van der Waals surface area contributed by atoms with Gasteiger partial charge in [0.2, 0.25) is 0 Å². The van der Waals surface area contributed by atoms with E-state index in [0.29, 0.717) is 23.7 Å². The topological polar surface area (TPSA) is 82.0 Å². The van der Waals surface area contributed by atoms with Crippen molar-refractivity contribution < 1.29 is 4.79 Å². The second kappa shape index (κ2) is 5.27. The van der Waals surface area contributed by atoms with E-state index in [1.807, 2.05) is 0 Å². The molecule has 1 aliphatic carbocycles. The second-order valence-corrected chi connectivity index (χ2v) is 4.71. The summed E-state index contributed by atoms with van der Waals surface area (Å²) in [6.07, 6.45) is 7.43. The fraction of sp³-hybridized carbons (Fsp3) is 0.538. The molecule has 0 radical (unpaired) electrons. The molecule has 2 rings (SSSR count). The van der Waals surface area contributed by atoms with Gasteiger partial charge in [-0.25, -0.2) is 0 Å². The molecule has 92 valence electrons. The maximum atomic E-state index is 12.4. The monoisotopic (exact) mass is 233 g/mol. The van der Waals surface area contributed by atoms with Crippen LogP contribution >= 0.6 is 0 Å². The molecule has 1 heterocycles. The molecule has 1 fully saturated rings. The summed E-state index contributed by atoms with van der Waals surface area (Å²) >= 11 is 0. The number of hydrogen-bond acceptors (Lipinski definition) is 4. The highest BCUT2D eigenvalue weighted by atomic mass is 16.1. The minimum absolute atomic E-state index is 0.0280. The van der Waals surface area contributed by atoms with Crippen molar-refractivity contribution in [3.8, 4) is 0 Å². The number of nitrogen functional groups attached to an aromatic ring is 1. The fourth-order valence-electron chi connectivity index (χ4n) is 2.65. The predicted molar refractivity (Wildman–Crippen MR) is 67.5 cm³/mol. The first kappa shape index (κ1) is 12.0. The van der Waals surface area contributed by atoms with Gasteiger partial charge in [0.15, 0.2) is 5.78 Å². The Morgan fingerprint density at radius 1 is 1.41 bits per heavy atom. The van der Waals surface area contributed by atoms with Crippen LogP contribution in [0.4, 0.5) is 5.69 Å². The van der Waals surface area contributed by atoms with Crippen LogP contribution in [0.5, 0.6) is 0 Å². The Bertz CT molecular complexity index is 405. The highest BCUT2D eigenvalue weighted by molar-refractivity contribution is 6.02. The van der Waals surface area contributed by atoms with E-state index in [1.165, 1.54) is 6.42 Å². The highest BCUT2D eigenvalue weighted by Crippen LogP contribution is 2.32. The molecule has 1 aliphatic rings. The van der Waals surface area contributed by atoms with Crippen LogP contribution in [0.25, 0.3) is 0 Å². The molecule has 17 heavy (non-hydrogen) atoms. The molecule has 0 spiro atoms. The largest absolute Gasteiger partial charge is 0.398 e. The fourth-order valence-corrected chi connectivity index (χ4v) is 2.65. The molecule has 0 saturated heterocycles. The summed E-state index contributed by atoms with van der Waals surface area (Å²) in [7, 11) is 0. The third kappa shape index (κ3) is 2.47. The summed E-state index contributed by atoms with van der Waals surface area (Å²) < 4.78 is 0. The summed E-state index contributed by atoms with van der Waals surface area (Å²) in [5, 5.41) is 0. The molecule has 0 bridgehead atoms. The Labute approximate surface area is 101 Å². The summed E-state index contributed by atoms with van der Waals surface area (Å²) in [5.74, 6) is 0.446. The van der Waals surface area contributed by atoms with Crippen molar-refractivity contribution in [2.45, 2.75) is 25.7 Å². The third-order valence-corrected chi connectivity index (χ3v) is 3.67. The van der Waals surface area contributed by atoms with Crippen molar-refractivity contribution >= 4 is 11.5 Å². The zero-order chi connectivity index (χ0) is 12.3. The Hall–Kier alpha value is -1.42. The number of carbonyl (C=O) groups is 1. The number of rotatable bonds is 3. The minimum atomic E-state index is 0.0280. The van der Waals surface area contributed by atoms with Crippen LogP contribution in [0, 0.1) is 11.8 Å². The zero-order valence-electron chi connectivity index (χ0n) is 9.93. The van der Waals surface area contributed by atoms with E-state index < -0.39 is 0 Å². The number of nitrogens with zero attached hydrogens (tertiary/aromatic N) is 1. The maximum Gasteiger partial charge on any atom is 0.169 e. The van der Waals surface area contributed by atoms with Gasteiger partial charge in [0.1, 0.15) is 0 Å². The summed E-state index contributed by atoms with van der Waals surface area (Å²) in [5.41, 5.74) is 12.6. The van der Waals surface area contributed by atoms with Gasteiger partial charge in [0.05, 0.1) is 5.56 Å². The zero-order valence-corrected chi connectivity index (χ0v) is 9.93. The second-order valence-electron chi connectivity index (χ2n) is 4.71. The van der Waals surface area contributed by atoms with E-state index in [0.717, 1.165) is 19.3 Å². The Morgan fingerprint density at radius 2 is 2.18 bits per heavy atom. The smallest absolute Gasteiger partial charge is 0.169 e. The molecule has 1 saturated carbocycles. The van der Waals surface area contributed by atoms with Crippen molar-refractivity contribution in [3.05, 3.63) is 24.0 Å². The van der Waals surface area contributed by atoms with Gasteiger partial charge in [-0.2, -0.15) is 0 Å². The van der Waals surface area contributed by atoms with Crippen molar-refractivity contribution in [2.24, 2.45) is 17.6 Å². The van der Waals surface area contributed by atoms with Gasteiger partial charge in [-0.05, 0) is 31.4 Å². The van der Waals surface area contributed by atoms with E-state index in [-0.39, 0.29) is 11.7 Å². The Balaban J connectivity index is 2.21. The van der Waals surface area contributed by atoms with Crippen molar-refractivity contribution in [2.75, 3.05) is 12.3 Å². The normalized spacial score (nSPS) is 24.5. The lowest BCUT2D eigenvalue weighted by Crippen LogP contribution is -2.32. The first-order valence-electron chi connectivity index (χ1n) is 6.17. The molecule has 2 unspecified atom stereocenters. The SMILES string of the molecule is NCC1CCCCC1C(=O)c1cnccc1N. The van der Waals surface area contributed by atoms with E-state index in [9.17, 15) is 4.79 Å². The molecular formula is C13H19N3O. The van der Waals surface area contributed by atoms with Crippen LogP contribution in [0.3, 0.4) is 0 Å². The van der Waals surface area contributed by atoms with Gasteiger partial charge >= 0.3 is 0 Å². The molecule has 4 N–H and O–H groups in total. The van der Waals surface area contributed by atoms with Crippen LogP contribution in [0.1, 0.15) is 36.0 Å². The van der Waals surface area contributed by atoms with E-state index in [1.54, 1.807) is 18.5 Å². The number of Topliss-reactive ketones (excluding diaryl/α,β-unsaturated/α-hetero) is 1. The minimum Gasteiger partial charge on any atom is -0.398 e.